The number of nitro benzene ring substituents is 1. The fourth-order valence-electron chi connectivity index (χ4n) is 2.73. The fraction of sp³-hybridized carbons (Fsp3) is 0.571. The standard InChI is InChI=1S/C14H19F2N3O2/c1-8-7-18(3)9(2)4-12(8)17-13-6-14(19(20)21)11(16)5-10(13)15/h5-6,8-9,12,17H,4,7H2,1-3H3. The van der Waals surface area contributed by atoms with E-state index < -0.39 is 22.2 Å². The normalized spacial score (nSPS) is 26.6. The molecule has 1 N–H and O–H groups in total. The molecule has 1 aliphatic rings. The number of piperidine rings is 1. The van der Waals surface area contributed by atoms with Crippen molar-refractivity contribution in [2.75, 3.05) is 18.9 Å². The van der Waals surface area contributed by atoms with Crippen molar-refractivity contribution in [3.05, 3.63) is 33.9 Å². The van der Waals surface area contributed by atoms with Crippen molar-refractivity contribution >= 4 is 11.4 Å². The molecule has 1 fully saturated rings. The van der Waals surface area contributed by atoms with E-state index in [1.807, 2.05) is 14.0 Å². The predicted molar refractivity (Wildman–Crippen MR) is 76.3 cm³/mol. The van der Waals surface area contributed by atoms with E-state index in [4.69, 9.17) is 0 Å². The van der Waals surface area contributed by atoms with Crippen molar-refractivity contribution in [2.45, 2.75) is 32.4 Å². The third-order valence-electron chi connectivity index (χ3n) is 4.18. The first kappa shape index (κ1) is 15.6. The summed E-state index contributed by atoms with van der Waals surface area (Å²) in [5.41, 5.74) is -0.732. The molecule has 3 unspecified atom stereocenters. The first-order valence-electron chi connectivity index (χ1n) is 6.89. The number of hydrogen-bond donors (Lipinski definition) is 1. The summed E-state index contributed by atoms with van der Waals surface area (Å²) in [6.07, 6.45) is 0.794. The molecule has 0 spiro atoms. The van der Waals surface area contributed by atoms with Crippen LogP contribution < -0.4 is 5.32 Å². The van der Waals surface area contributed by atoms with E-state index in [0.717, 1.165) is 19.0 Å². The van der Waals surface area contributed by atoms with Gasteiger partial charge in [-0.25, -0.2) is 4.39 Å². The molecule has 5 nitrogen and oxygen atoms in total. The Bertz CT molecular complexity index is 553. The molecule has 1 aromatic carbocycles. The highest BCUT2D eigenvalue weighted by Gasteiger charge is 2.30. The summed E-state index contributed by atoms with van der Waals surface area (Å²) < 4.78 is 27.1. The molecule has 2 rings (SSSR count). The monoisotopic (exact) mass is 299 g/mol. The zero-order valence-electron chi connectivity index (χ0n) is 12.3. The molecule has 0 bridgehead atoms. The molecule has 0 aliphatic carbocycles. The van der Waals surface area contributed by atoms with Gasteiger partial charge in [0, 0.05) is 30.8 Å². The SMILES string of the molecule is CC1CN(C)C(C)CC1Nc1cc([N+](=O)[O-])c(F)cc1F. The van der Waals surface area contributed by atoms with Gasteiger partial charge < -0.3 is 10.2 Å². The quantitative estimate of drug-likeness (QED) is 0.688. The van der Waals surface area contributed by atoms with E-state index in [1.165, 1.54) is 0 Å². The van der Waals surface area contributed by atoms with Gasteiger partial charge in [0.2, 0.25) is 5.82 Å². The molecule has 0 aromatic heterocycles. The molecule has 1 heterocycles. The van der Waals surface area contributed by atoms with Gasteiger partial charge in [-0.15, -0.1) is 0 Å². The van der Waals surface area contributed by atoms with Crippen LogP contribution >= 0.6 is 0 Å². The Labute approximate surface area is 122 Å². The Hall–Kier alpha value is -1.76. The first-order chi connectivity index (χ1) is 9.79. The Balaban J connectivity index is 2.23. The van der Waals surface area contributed by atoms with E-state index in [2.05, 4.69) is 17.1 Å². The van der Waals surface area contributed by atoms with Crippen LogP contribution in [0, 0.1) is 27.7 Å². The lowest BCUT2D eigenvalue weighted by molar-refractivity contribution is -0.387. The number of halogens is 2. The average Bonchev–Trinajstić information content (AvgIpc) is 2.38. The van der Waals surface area contributed by atoms with Gasteiger partial charge in [0.1, 0.15) is 5.82 Å². The number of benzene rings is 1. The minimum absolute atomic E-state index is 0.00392. The van der Waals surface area contributed by atoms with Crippen molar-refractivity contribution in [3.63, 3.8) is 0 Å². The van der Waals surface area contributed by atoms with Crippen LogP contribution in [0.1, 0.15) is 20.3 Å². The molecule has 1 aliphatic heterocycles. The van der Waals surface area contributed by atoms with Crippen molar-refractivity contribution < 1.29 is 13.7 Å². The van der Waals surface area contributed by atoms with Crippen LogP contribution in [0.5, 0.6) is 0 Å². The molecular formula is C14H19F2N3O2. The van der Waals surface area contributed by atoms with Gasteiger partial charge in [-0.05, 0) is 26.3 Å². The third kappa shape index (κ3) is 3.29. The van der Waals surface area contributed by atoms with Crippen LogP contribution in [0.3, 0.4) is 0 Å². The number of nitrogens with one attached hydrogen (secondary N) is 1. The molecule has 0 saturated carbocycles. The summed E-state index contributed by atoms with van der Waals surface area (Å²) in [6, 6.07) is 1.82. The Morgan fingerprint density at radius 1 is 1.33 bits per heavy atom. The molecular weight excluding hydrogens is 280 g/mol. The zero-order chi connectivity index (χ0) is 15.7. The number of hydrogen-bond acceptors (Lipinski definition) is 4. The van der Waals surface area contributed by atoms with Crippen LogP contribution in [-0.2, 0) is 0 Å². The summed E-state index contributed by atoms with van der Waals surface area (Å²) >= 11 is 0. The van der Waals surface area contributed by atoms with Gasteiger partial charge >= 0.3 is 5.69 Å². The van der Waals surface area contributed by atoms with Crippen molar-refractivity contribution in [1.82, 2.24) is 4.90 Å². The number of rotatable bonds is 3. The van der Waals surface area contributed by atoms with Gasteiger partial charge in [0.25, 0.3) is 0 Å². The maximum atomic E-state index is 13.8. The molecule has 0 radical (unpaired) electrons. The van der Waals surface area contributed by atoms with Crippen LogP contribution in [0.2, 0.25) is 0 Å². The van der Waals surface area contributed by atoms with Crippen molar-refractivity contribution in [3.8, 4) is 0 Å². The van der Waals surface area contributed by atoms with E-state index in [0.29, 0.717) is 12.1 Å². The molecule has 1 aromatic rings. The highest BCUT2D eigenvalue weighted by molar-refractivity contribution is 5.53. The minimum Gasteiger partial charge on any atom is -0.379 e. The Morgan fingerprint density at radius 3 is 2.62 bits per heavy atom. The lowest BCUT2D eigenvalue weighted by atomic mass is 9.89. The second kappa shape index (κ2) is 5.93. The Morgan fingerprint density at radius 2 is 2.00 bits per heavy atom. The van der Waals surface area contributed by atoms with E-state index in [9.17, 15) is 18.9 Å². The Kier molecular flexibility index (Phi) is 4.41. The number of nitrogens with zero attached hydrogens (tertiary/aromatic N) is 2. The predicted octanol–water partition coefficient (Wildman–Crippen LogP) is 3.01. The summed E-state index contributed by atoms with van der Waals surface area (Å²) in [7, 11) is 2.03. The number of likely N-dealkylation sites (tertiary alicyclic amines) is 1. The molecule has 3 atom stereocenters. The third-order valence-corrected chi connectivity index (χ3v) is 4.18. The number of anilines is 1. The highest BCUT2D eigenvalue weighted by Crippen LogP contribution is 2.29. The summed E-state index contributed by atoms with van der Waals surface area (Å²) in [6.45, 7) is 4.96. The largest absolute Gasteiger partial charge is 0.379 e. The zero-order valence-corrected chi connectivity index (χ0v) is 12.3. The molecule has 7 heteroatoms. The molecule has 0 amide bonds. The smallest absolute Gasteiger partial charge is 0.307 e. The van der Waals surface area contributed by atoms with Gasteiger partial charge in [-0.3, -0.25) is 10.1 Å². The van der Waals surface area contributed by atoms with Crippen LogP contribution in [0.25, 0.3) is 0 Å². The summed E-state index contributed by atoms with van der Waals surface area (Å²) in [5, 5.41) is 13.7. The van der Waals surface area contributed by atoms with E-state index >= 15 is 0 Å². The first-order valence-corrected chi connectivity index (χ1v) is 6.89. The van der Waals surface area contributed by atoms with Crippen LogP contribution in [-0.4, -0.2) is 35.5 Å². The summed E-state index contributed by atoms with van der Waals surface area (Å²) in [5.74, 6) is -1.71. The highest BCUT2D eigenvalue weighted by atomic mass is 19.1. The van der Waals surface area contributed by atoms with Gasteiger partial charge in [0.05, 0.1) is 10.6 Å². The molecule has 1 saturated heterocycles. The van der Waals surface area contributed by atoms with Crippen molar-refractivity contribution in [2.24, 2.45) is 5.92 Å². The van der Waals surface area contributed by atoms with Gasteiger partial charge in [-0.1, -0.05) is 6.92 Å². The fourth-order valence-corrected chi connectivity index (χ4v) is 2.73. The van der Waals surface area contributed by atoms with Gasteiger partial charge in [-0.2, -0.15) is 4.39 Å². The lowest BCUT2D eigenvalue weighted by Gasteiger charge is -2.40. The maximum absolute atomic E-state index is 13.8. The second-order valence-electron chi connectivity index (χ2n) is 5.79. The number of nitro groups is 1. The second-order valence-corrected chi connectivity index (χ2v) is 5.79. The van der Waals surface area contributed by atoms with E-state index in [-0.39, 0.29) is 17.6 Å². The van der Waals surface area contributed by atoms with Crippen LogP contribution in [0.4, 0.5) is 20.2 Å². The van der Waals surface area contributed by atoms with Crippen LogP contribution in [0.15, 0.2) is 12.1 Å². The topological polar surface area (TPSA) is 58.4 Å². The van der Waals surface area contributed by atoms with E-state index in [1.54, 1.807) is 0 Å². The summed E-state index contributed by atoms with van der Waals surface area (Å²) in [4.78, 5) is 12.1. The molecule has 116 valence electrons. The maximum Gasteiger partial charge on any atom is 0.307 e. The average molecular weight is 299 g/mol. The lowest BCUT2D eigenvalue weighted by Crippen LogP contribution is -2.48. The minimum atomic E-state index is -1.16. The molecule has 21 heavy (non-hydrogen) atoms. The van der Waals surface area contributed by atoms with Crippen molar-refractivity contribution in [1.29, 1.82) is 0 Å². The van der Waals surface area contributed by atoms with Gasteiger partial charge in [0.15, 0.2) is 0 Å².